The average Bonchev–Trinajstić information content (AvgIpc) is 2.49. The van der Waals surface area contributed by atoms with E-state index in [-0.39, 0.29) is 12.0 Å². The van der Waals surface area contributed by atoms with E-state index in [1.807, 2.05) is 13.8 Å². The first-order valence-electron chi connectivity index (χ1n) is 7.59. The molecule has 1 aliphatic heterocycles. The molecule has 0 aromatic heterocycles. The Labute approximate surface area is 126 Å². The standard InChI is InChI=1S/C14H27N3O4/c1-4-10(3)12(13(18)19)16-14(20)15-8-11-9-17(5-2)6-7-21-11/h10-12H,4-9H2,1-3H3,(H,18,19)(H2,15,16,20). The number of ether oxygens (including phenoxy) is 1. The third kappa shape index (κ3) is 5.89. The number of morpholine rings is 1. The highest BCUT2D eigenvalue weighted by molar-refractivity contribution is 5.82. The molecule has 0 aromatic carbocycles. The van der Waals surface area contributed by atoms with E-state index in [4.69, 9.17) is 9.84 Å². The SMILES string of the molecule is CCC(C)C(NC(=O)NCC1CN(CC)CCO1)C(=O)O. The van der Waals surface area contributed by atoms with Gasteiger partial charge in [-0.2, -0.15) is 0 Å². The Balaban J connectivity index is 2.37. The molecule has 0 aromatic rings. The minimum Gasteiger partial charge on any atom is -0.480 e. The number of carbonyl (C=O) groups is 2. The van der Waals surface area contributed by atoms with Crippen molar-refractivity contribution in [3.8, 4) is 0 Å². The number of nitrogens with zero attached hydrogens (tertiary/aromatic N) is 1. The van der Waals surface area contributed by atoms with Gasteiger partial charge in [0.15, 0.2) is 0 Å². The summed E-state index contributed by atoms with van der Waals surface area (Å²) in [5, 5.41) is 14.3. The summed E-state index contributed by atoms with van der Waals surface area (Å²) in [6.45, 7) is 9.49. The van der Waals surface area contributed by atoms with Crippen molar-refractivity contribution >= 4 is 12.0 Å². The van der Waals surface area contributed by atoms with Crippen LogP contribution in [0.1, 0.15) is 27.2 Å². The Kier molecular flexibility index (Phi) is 7.45. The van der Waals surface area contributed by atoms with Gasteiger partial charge in [0.1, 0.15) is 6.04 Å². The molecule has 3 atom stereocenters. The second-order valence-electron chi connectivity index (χ2n) is 5.44. The number of likely N-dealkylation sites (N-methyl/N-ethyl adjacent to an activating group) is 1. The Morgan fingerprint density at radius 2 is 2.14 bits per heavy atom. The van der Waals surface area contributed by atoms with Crippen molar-refractivity contribution in [1.29, 1.82) is 0 Å². The zero-order chi connectivity index (χ0) is 15.8. The van der Waals surface area contributed by atoms with Gasteiger partial charge in [-0.15, -0.1) is 0 Å². The third-order valence-corrected chi connectivity index (χ3v) is 3.93. The first-order valence-corrected chi connectivity index (χ1v) is 7.59. The maximum atomic E-state index is 11.8. The summed E-state index contributed by atoms with van der Waals surface area (Å²) in [5.41, 5.74) is 0. The number of carboxylic acids is 1. The van der Waals surface area contributed by atoms with Crippen LogP contribution >= 0.6 is 0 Å². The summed E-state index contributed by atoms with van der Waals surface area (Å²) in [5.74, 6) is -1.12. The van der Waals surface area contributed by atoms with E-state index in [9.17, 15) is 9.59 Å². The Morgan fingerprint density at radius 1 is 1.43 bits per heavy atom. The quantitative estimate of drug-likeness (QED) is 0.637. The molecule has 3 unspecified atom stereocenters. The molecule has 7 nitrogen and oxygen atoms in total. The fraction of sp³-hybridized carbons (Fsp3) is 0.857. The van der Waals surface area contributed by atoms with Gasteiger partial charge < -0.3 is 20.5 Å². The van der Waals surface area contributed by atoms with Gasteiger partial charge in [-0.25, -0.2) is 9.59 Å². The van der Waals surface area contributed by atoms with Gasteiger partial charge in [0.25, 0.3) is 0 Å². The van der Waals surface area contributed by atoms with E-state index in [1.165, 1.54) is 0 Å². The lowest BCUT2D eigenvalue weighted by molar-refractivity contribution is -0.140. The molecule has 0 saturated carbocycles. The van der Waals surface area contributed by atoms with Gasteiger partial charge in [-0.1, -0.05) is 27.2 Å². The Hall–Kier alpha value is -1.34. The highest BCUT2D eigenvalue weighted by atomic mass is 16.5. The minimum absolute atomic E-state index is 0.0451. The smallest absolute Gasteiger partial charge is 0.326 e. The molecule has 3 N–H and O–H groups in total. The van der Waals surface area contributed by atoms with E-state index in [2.05, 4.69) is 22.5 Å². The molecule has 1 aliphatic rings. The zero-order valence-electron chi connectivity index (χ0n) is 13.1. The van der Waals surface area contributed by atoms with Crippen molar-refractivity contribution in [3.63, 3.8) is 0 Å². The van der Waals surface area contributed by atoms with E-state index in [1.54, 1.807) is 0 Å². The van der Waals surface area contributed by atoms with Crippen LogP contribution in [-0.2, 0) is 9.53 Å². The van der Waals surface area contributed by atoms with Gasteiger partial charge in [-0.05, 0) is 12.5 Å². The lowest BCUT2D eigenvalue weighted by atomic mass is 9.99. The number of hydrogen-bond donors (Lipinski definition) is 3. The summed E-state index contributed by atoms with van der Waals surface area (Å²) in [4.78, 5) is 25.2. The summed E-state index contributed by atoms with van der Waals surface area (Å²) in [6.07, 6.45) is 0.644. The maximum absolute atomic E-state index is 11.8. The predicted octanol–water partition coefficient (Wildman–Crippen LogP) is 0.506. The van der Waals surface area contributed by atoms with Crippen molar-refractivity contribution < 1.29 is 19.4 Å². The number of nitrogens with one attached hydrogen (secondary N) is 2. The molecule has 0 radical (unpaired) electrons. The first-order chi connectivity index (χ1) is 9.97. The number of carbonyl (C=O) groups excluding carboxylic acids is 1. The molecule has 1 heterocycles. The maximum Gasteiger partial charge on any atom is 0.326 e. The lowest BCUT2D eigenvalue weighted by Crippen LogP contribution is -2.52. The normalized spacial score (nSPS) is 22.3. The van der Waals surface area contributed by atoms with Gasteiger partial charge in [0.2, 0.25) is 0 Å². The van der Waals surface area contributed by atoms with E-state index in [0.29, 0.717) is 19.6 Å². The lowest BCUT2D eigenvalue weighted by Gasteiger charge is -2.32. The number of carboxylic acid groups (broad SMARTS) is 1. The van der Waals surface area contributed by atoms with Crippen LogP contribution in [0.5, 0.6) is 0 Å². The number of amides is 2. The summed E-state index contributed by atoms with van der Waals surface area (Å²) >= 11 is 0. The molecular weight excluding hydrogens is 274 g/mol. The fourth-order valence-electron chi connectivity index (χ4n) is 2.27. The third-order valence-electron chi connectivity index (χ3n) is 3.93. The van der Waals surface area contributed by atoms with Gasteiger partial charge in [0, 0.05) is 19.6 Å². The highest BCUT2D eigenvalue weighted by Gasteiger charge is 2.26. The molecule has 2 amide bonds. The van der Waals surface area contributed by atoms with Crippen LogP contribution in [0.25, 0.3) is 0 Å². The molecular formula is C14H27N3O4. The van der Waals surface area contributed by atoms with Crippen LogP contribution in [0.15, 0.2) is 0 Å². The molecule has 0 spiro atoms. The molecule has 1 fully saturated rings. The van der Waals surface area contributed by atoms with Crippen LogP contribution in [-0.4, -0.2) is 66.9 Å². The van der Waals surface area contributed by atoms with Crippen molar-refractivity contribution in [2.45, 2.75) is 39.3 Å². The number of aliphatic carboxylic acids is 1. The predicted molar refractivity (Wildman–Crippen MR) is 79.3 cm³/mol. The summed E-state index contributed by atoms with van der Waals surface area (Å²) < 4.78 is 5.58. The molecule has 21 heavy (non-hydrogen) atoms. The zero-order valence-corrected chi connectivity index (χ0v) is 13.1. The van der Waals surface area contributed by atoms with Crippen LogP contribution in [0, 0.1) is 5.92 Å². The number of hydrogen-bond acceptors (Lipinski definition) is 4. The largest absolute Gasteiger partial charge is 0.480 e. The molecule has 1 rings (SSSR count). The fourth-order valence-corrected chi connectivity index (χ4v) is 2.27. The molecule has 1 saturated heterocycles. The molecule has 0 aliphatic carbocycles. The van der Waals surface area contributed by atoms with Crippen molar-refractivity contribution in [2.24, 2.45) is 5.92 Å². The van der Waals surface area contributed by atoms with Crippen molar-refractivity contribution in [2.75, 3.05) is 32.8 Å². The average molecular weight is 301 g/mol. The van der Waals surface area contributed by atoms with Crippen molar-refractivity contribution in [3.05, 3.63) is 0 Å². The monoisotopic (exact) mass is 301 g/mol. The molecule has 7 heteroatoms. The van der Waals surface area contributed by atoms with Crippen LogP contribution in [0.3, 0.4) is 0 Å². The minimum atomic E-state index is -1.01. The topological polar surface area (TPSA) is 90.9 Å². The van der Waals surface area contributed by atoms with Crippen LogP contribution in [0.4, 0.5) is 4.79 Å². The summed E-state index contributed by atoms with van der Waals surface area (Å²) in [7, 11) is 0. The van der Waals surface area contributed by atoms with E-state index in [0.717, 1.165) is 19.6 Å². The van der Waals surface area contributed by atoms with Gasteiger partial charge in [0.05, 0.1) is 12.7 Å². The molecule has 0 bridgehead atoms. The Bertz CT molecular complexity index is 351. The number of rotatable bonds is 7. The van der Waals surface area contributed by atoms with Crippen LogP contribution < -0.4 is 10.6 Å². The van der Waals surface area contributed by atoms with E-state index < -0.39 is 18.0 Å². The van der Waals surface area contributed by atoms with Gasteiger partial charge >= 0.3 is 12.0 Å². The highest BCUT2D eigenvalue weighted by Crippen LogP contribution is 2.08. The second kappa shape index (κ2) is 8.84. The second-order valence-corrected chi connectivity index (χ2v) is 5.44. The van der Waals surface area contributed by atoms with Crippen LogP contribution in [0.2, 0.25) is 0 Å². The summed E-state index contributed by atoms with van der Waals surface area (Å²) in [6, 6.07) is -1.32. The Morgan fingerprint density at radius 3 is 2.71 bits per heavy atom. The first kappa shape index (κ1) is 17.7. The number of urea groups is 1. The van der Waals surface area contributed by atoms with Gasteiger partial charge in [-0.3, -0.25) is 4.90 Å². The molecule has 122 valence electrons. The van der Waals surface area contributed by atoms with E-state index >= 15 is 0 Å². The van der Waals surface area contributed by atoms with Crippen molar-refractivity contribution in [1.82, 2.24) is 15.5 Å².